The topological polar surface area (TPSA) is 18.5 Å². The van der Waals surface area contributed by atoms with Crippen molar-refractivity contribution in [3.8, 4) is 11.5 Å². The van der Waals surface area contributed by atoms with Gasteiger partial charge in [-0.15, -0.1) is 11.3 Å². The second kappa shape index (κ2) is 19.5. The quantitative estimate of drug-likeness (QED) is 0.150. The van der Waals surface area contributed by atoms with Gasteiger partial charge in [0.1, 0.15) is 0 Å². The highest BCUT2D eigenvalue weighted by Crippen LogP contribution is 2.41. The lowest BCUT2D eigenvalue weighted by Crippen LogP contribution is -2.33. The fourth-order valence-electron chi connectivity index (χ4n) is 5.38. The minimum atomic E-state index is 0.205. The summed E-state index contributed by atoms with van der Waals surface area (Å²) in [5.74, 6) is 1.94. The zero-order valence-corrected chi connectivity index (χ0v) is 23.7. The van der Waals surface area contributed by atoms with Gasteiger partial charge in [0.25, 0.3) is 0 Å². The third-order valence-electron chi connectivity index (χ3n) is 7.78. The van der Waals surface area contributed by atoms with E-state index in [1.807, 2.05) is 0 Å². The summed E-state index contributed by atoms with van der Waals surface area (Å²) in [6.45, 7) is 6.27. The molecular weight excluding hydrogens is 436 g/mol. The van der Waals surface area contributed by atoms with Crippen LogP contribution in [0.1, 0.15) is 155 Å². The number of unbranched alkanes of at least 4 members (excludes halogenated alkanes) is 18. The summed E-state index contributed by atoms with van der Waals surface area (Å²) >= 11 is 1.68. The number of thiophene rings is 1. The maximum atomic E-state index is 6.27. The molecule has 2 nitrogen and oxygen atoms in total. The van der Waals surface area contributed by atoms with E-state index in [0.29, 0.717) is 0 Å². The Bertz CT molecular complexity index is 533. The highest BCUT2D eigenvalue weighted by atomic mass is 32.1. The number of hydrogen-bond acceptors (Lipinski definition) is 3. The largest absolute Gasteiger partial charge is 0.488 e. The van der Waals surface area contributed by atoms with Gasteiger partial charge < -0.3 is 9.47 Å². The molecule has 1 aromatic heterocycles. The number of fused-ring (bicyclic) bond motifs is 1. The summed E-state index contributed by atoms with van der Waals surface area (Å²) in [5.41, 5.74) is 0.205. The van der Waals surface area contributed by atoms with Gasteiger partial charge in [0.05, 0.1) is 13.2 Å². The van der Waals surface area contributed by atoms with Crippen LogP contribution in [-0.4, -0.2) is 13.2 Å². The third-order valence-corrected chi connectivity index (χ3v) is 8.48. The van der Waals surface area contributed by atoms with Gasteiger partial charge in [-0.2, -0.15) is 0 Å². The molecule has 0 bridgehead atoms. The van der Waals surface area contributed by atoms with Crippen molar-refractivity contribution in [2.45, 2.75) is 155 Å². The van der Waals surface area contributed by atoms with Gasteiger partial charge >= 0.3 is 0 Å². The fourth-order valence-corrected chi connectivity index (χ4v) is 6.06. The van der Waals surface area contributed by atoms with Crippen LogP contribution < -0.4 is 9.47 Å². The molecule has 0 N–H and O–H groups in total. The third kappa shape index (κ3) is 12.8. The average Bonchev–Trinajstić information content (AvgIpc) is 3.24. The van der Waals surface area contributed by atoms with Crippen LogP contribution in [0.25, 0.3) is 0 Å². The molecule has 1 aliphatic heterocycles. The van der Waals surface area contributed by atoms with Gasteiger partial charge in [0, 0.05) is 16.2 Å². The summed E-state index contributed by atoms with van der Waals surface area (Å²) in [5, 5.41) is 4.21. The van der Waals surface area contributed by atoms with Crippen LogP contribution >= 0.6 is 11.3 Å². The summed E-state index contributed by atoms with van der Waals surface area (Å²) < 4.78 is 12.5. The molecule has 0 radical (unpaired) electrons. The molecule has 0 amide bonds. The molecule has 0 fully saturated rings. The average molecular weight is 493 g/mol. The second-order valence-electron chi connectivity index (χ2n) is 11.0. The Morgan fingerprint density at radius 3 is 1.21 bits per heavy atom. The molecule has 0 atom stereocenters. The van der Waals surface area contributed by atoms with Crippen molar-refractivity contribution < 1.29 is 9.47 Å². The molecule has 0 spiro atoms. The minimum Gasteiger partial charge on any atom is -0.488 e. The lowest BCUT2D eigenvalue weighted by molar-refractivity contribution is 0.0782. The van der Waals surface area contributed by atoms with E-state index in [1.54, 1.807) is 11.3 Å². The Hall–Kier alpha value is -0.700. The number of rotatable bonds is 22. The van der Waals surface area contributed by atoms with Crippen molar-refractivity contribution in [3.05, 3.63) is 10.8 Å². The van der Waals surface area contributed by atoms with Gasteiger partial charge in [0.15, 0.2) is 11.5 Å². The zero-order chi connectivity index (χ0) is 24.2. The Kier molecular flexibility index (Phi) is 16.9. The molecule has 0 saturated carbocycles. The van der Waals surface area contributed by atoms with E-state index in [1.165, 1.54) is 141 Å². The first-order valence-electron chi connectivity index (χ1n) is 15.1. The maximum absolute atomic E-state index is 6.27. The van der Waals surface area contributed by atoms with E-state index in [0.717, 1.165) is 24.7 Å². The van der Waals surface area contributed by atoms with Crippen LogP contribution in [0, 0.1) is 5.41 Å². The van der Waals surface area contributed by atoms with Crippen LogP contribution in [0.3, 0.4) is 0 Å². The summed E-state index contributed by atoms with van der Waals surface area (Å²) in [6.07, 6.45) is 30.6. The highest BCUT2D eigenvalue weighted by Gasteiger charge is 2.34. The van der Waals surface area contributed by atoms with E-state index in [9.17, 15) is 0 Å². The Morgan fingerprint density at radius 1 is 0.529 bits per heavy atom. The Labute approximate surface area is 216 Å². The summed E-state index contributed by atoms with van der Waals surface area (Å²) in [6, 6.07) is 0. The van der Waals surface area contributed by atoms with E-state index in [4.69, 9.17) is 9.47 Å². The molecule has 0 saturated heterocycles. The molecule has 0 aromatic carbocycles. The van der Waals surface area contributed by atoms with Crippen molar-refractivity contribution in [2.75, 3.05) is 13.2 Å². The van der Waals surface area contributed by atoms with Gasteiger partial charge in [-0.25, -0.2) is 0 Å². The predicted molar refractivity (Wildman–Crippen MR) is 151 cm³/mol. The molecule has 0 unspecified atom stereocenters. The number of ether oxygens (including phenoxy) is 2. The first-order chi connectivity index (χ1) is 16.8. The molecule has 1 aromatic rings. The SMILES string of the molecule is CCCCCCCCCCCCC1(CCCCCCCCCCCC)COc2cscc2OC1. The maximum Gasteiger partial charge on any atom is 0.171 e. The summed E-state index contributed by atoms with van der Waals surface area (Å²) in [4.78, 5) is 0. The first-order valence-corrected chi connectivity index (χ1v) is 16.1. The molecule has 34 heavy (non-hydrogen) atoms. The Balaban J connectivity index is 1.62. The van der Waals surface area contributed by atoms with E-state index >= 15 is 0 Å². The number of hydrogen-bond donors (Lipinski definition) is 0. The zero-order valence-electron chi connectivity index (χ0n) is 22.9. The lowest BCUT2D eigenvalue weighted by Gasteiger charge is -2.31. The standard InChI is InChI=1S/C31H56O2S/c1-3-5-7-9-11-13-15-17-19-21-23-31(27-32-29-25-34-26-30(29)33-28-31)24-22-20-18-16-14-12-10-8-6-4-2/h25-26H,3-24,27-28H2,1-2H3. The molecule has 2 heterocycles. The molecule has 3 heteroatoms. The van der Waals surface area contributed by atoms with Gasteiger partial charge in [-0.3, -0.25) is 0 Å². The molecular formula is C31H56O2S. The smallest absolute Gasteiger partial charge is 0.171 e. The monoisotopic (exact) mass is 492 g/mol. The van der Waals surface area contributed by atoms with E-state index in [-0.39, 0.29) is 5.41 Å². The van der Waals surface area contributed by atoms with Crippen LogP contribution in [-0.2, 0) is 0 Å². The van der Waals surface area contributed by atoms with E-state index in [2.05, 4.69) is 24.6 Å². The molecule has 0 aliphatic carbocycles. The predicted octanol–water partition coefficient (Wildman–Crippen LogP) is 11.1. The van der Waals surface area contributed by atoms with Crippen LogP contribution in [0.15, 0.2) is 10.8 Å². The molecule has 1 aliphatic rings. The van der Waals surface area contributed by atoms with Crippen LogP contribution in [0.4, 0.5) is 0 Å². The first kappa shape index (κ1) is 29.5. The van der Waals surface area contributed by atoms with Crippen LogP contribution in [0.2, 0.25) is 0 Å². The fraction of sp³-hybridized carbons (Fsp3) is 0.871. The van der Waals surface area contributed by atoms with Crippen molar-refractivity contribution in [3.63, 3.8) is 0 Å². The van der Waals surface area contributed by atoms with Crippen molar-refractivity contribution in [2.24, 2.45) is 5.41 Å². The summed E-state index contributed by atoms with van der Waals surface area (Å²) in [7, 11) is 0. The minimum absolute atomic E-state index is 0.205. The van der Waals surface area contributed by atoms with Crippen molar-refractivity contribution >= 4 is 11.3 Å². The van der Waals surface area contributed by atoms with Crippen LogP contribution in [0.5, 0.6) is 11.5 Å². The van der Waals surface area contributed by atoms with Crippen molar-refractivity contribution in [1.82, 2.24) is 0 Å². The van der Waals surface area contributed by atoms with E-state index < -0.39 is 0 Å². The second-order valence-corrected chi connectivity index (χ2v) is 11.8. The van der Waals surface area contributed by atoms with Gasteiger partial charge in [-0.1, -0.05) is 142 Å². The normalized spacial score (nSPS) is 14.9. The Morgan fingerprint density at radius 2 is 0.853 bits per heavy atom. The highest BCUT2D eigenvalue weighted by molar-refractivity contribution is 7.08. The van der Waals surface area contributed by atoms with Gasteiger partial charge in [-0.05, 0) is 12.8 Å². The molecule has 198 valence electrons. The lowest BCUT2D eigenvalue weighted by atomic mass is 9.79. The van der Waals surface area contributed by atoms with Gasteiger partial charge in [0.2, 0.25) is 0 Å². The van der Waals surface area contributed by atoms with Crippen molar-refractivity contribution in [1.29, 1.82) is 0 Å². The molecule has 2 rings (SSSR count).